The number of carbonyl (C=O) groups excluding carboxylic acids is 2. The molecular formula is C17H24ClNO6S. The molecule has 146 valence electrons. The van der Waals surface area contributed by atoms with Crippen molar-refractivity contribution >= 4 is 33.7 Å². The van der Waals surface area contributed by atoms with Crippen LogP contribution < -0.4 is 0 Å². The summed E-state index contributed by atoms with van der Waals surface area (Å²) in [5.74, 6) is -1.45. The molecule has 7 nitrogen and oxygen atoms in total. The lowest BCUT2D eigenvalue weighted by atomic mass is 9.98. The molecule has 0 aromatic heterocycles. The molecule has 0 atom stereocenters. The highest BCUT2D eigenvalue weighted by molar-refractivity contribution is 7.88. The van der Waals surface area contributed by atoms with Crippen LogP contribution in [0.2, 0.25) is 5.02 Å². The molecule has 0 aliphatic heterocycles. The van der Waals surface area contributed by atoms with Crippen LogP contribution >= 0.6 is 11.6 Å². The molecule has 1 aromatic rings. The summed E-state index contributed by atoms with van der Waals surface area (Å²) >= 11 is 5.78. The quantitative estimate of drug-likeness (QED) is 0.708. The van der Waals surface area contributed by atoms with Crippen molar-refractivity contribution in [2.24, 2.45) is 5.41 Å². The van der Waals surface area contributed by atoms with E-state index in [9.17, 15) is 18.0 Å². The Hall–Kier alpha value is -1.80. The summed E-state index contributed by atoms with van der Waals surface area (Å²) in [4.78, 5) is 29.4. The maximum Gasteiger partial charge on any atom is 0.459 e. The Morgan fingerprint density at radius 3 is 1.96 bits per heavy atom. The van der Waals surface area contributed by atoms with E-state index in [0.717, 1.165) is 0 Å². The fourth-order valence-electron chi connectivity index (χ4n) is 1.57. The Balaban J connectivity index is 3.17. The smallest absolute Gasteiger partial charge is 0.441 e. The molecule has 9 heteroatoms. The van der Waals surface area contributed by atoms with Crippen LogP contribution in [0.4, 0.5) is 4.79 Å². The topological polar surface area (TPSA) is 90.0 Å². The van der Waals surface area contributed by atoms with Gasteiger partial charge in [0, 0.05) is 5.02 Å². The molecule has 0 aliphatic carbocycles. The number of benzene rings is 1. The largest absolute Gasteiger partial charge is 0.459 e. The number of halogens is 1. The van der Waals surface area contributed by atoms with Gasteiger partial charge in [-0.2, -0.15) is 0 Å². The van der Waals surface area contributed by atoms with Gasteiger partial charge in [0.2, 0.25) is 0 Å². The average molecular weight is 406 g/mol. The van der Waals surface area contributed by atoms with E-state index < -0.39 is 38.9 Å². The molecule has 1 rings (SSSR count). The Labute approximate surface area is 159 Å². The van der Waals surface area contributed by atoms with Crippen LogP contribution in [0, 0.1) is 5.41 Å². The first-order valence-corrected chi connectivity index (χ1v) is 9.83. The minimum Gasteiger partial charge on any atom is -0.441 e. The summed E-state index contributed by atoms with van der Waals surface area (Å²) in [6.07, 6.45) is -1.29. The third kappa shape index (κ3) is 6.84. The van der Waals surface area contributed by atoms with Crippen molar-refractivity contribution in [3.63, 3.8) is 0 Å². The van der Waals surface area contributed by atoms with E-state index in [1.807, 2.05) is 0 Å². The molecule has 26 heavy (non-hydrogen) atoms. The van der Waals surface area contributed by atoms with Crippen molar-refractivity contribution in [1.82, 2.24) is 4.47 Å². The van der Waals surface area contributed by atoms with Gasteiger partial charge < -0.3 is 9.57 Å². The highest BCUT2D eigenvalue weighted by Crippen LogP contribution is 2.22. The van der Waals surface area contributed by atoms with Gasteiger partial charge in [-0.15, -0.1) is 0 Å². The minimum absolute atomic E-state index is 0.0143. The molecule has 1 amide bonds. The molecule has 0 bridgehead atoms. The summed E-state index contributed by atoms with van der Waals surface area (Å²) in [6.45, 7) is 9.32. The molecule has 0 unspecified atom stereocenters. The van der Waals surface area contributed by atoms with Crippen molar-refractivity contribution < 1.29 is 27.6 Å². The maximum atomic E-state index is 12.7. The second-order valence-corrected chi connectivity index (χ2v) is 9.94. The summed E-state index contributed by atoms with van der Waals surface area (Å²) < 4.78 is 30.5. The molecule has 0 fully saturated rings. The van der Waals surface area contributed by atoms with E-state index in [-0.39, 0.29) is 4.47 Å². The van der Waals surface area contributed by atoms with Gasteiger partial charge in [0.1, 0.15) is 5.60 Å². The summed E-state index contributed by atoms with van der Waals surface area (Å²) in [5.41, 5.74) is -1.62. The summed E-state index contributed by atoms with van der Waals surface area (Å²) in [7, 11) is -4.34. The lowest BCUT2D eigenvalue weighted by molar-refractivity contribution is -0.176. The lowest BCUT2D eigenvalue weighted by Gasteiger charge is -2.27. The Morgan fingerprint density at radius 1 is 1.04 bits per heavy atom. The minimum atomic E-state index is -4.34. The Bertz CT molecular complexity index is 760. The van der Waals surface area contributed by atoms with Crippen molar-refractivity contribution in [1.29, 1.82) is 0 Å². The zero-order valence-corrected chi connectivity index (χ0v) is 17.3. The van der Waals surface area contributed by atoms with Crippen molar-refractivity contribution in [3.05, 3.63) is 34.9 Å². The highest BCUT2D eigenvalue weighted by atomic mass is 35.5. The SMILES string of the molecule is CC(C)(C)OC(=O)N(OC(=O)C(C)(C)C)S(=O)(=O)Cc1ccc(Cl)cc1. The molecule has 0 aliphatic rings. The summed E-state index contributed by atoms with van der Waals surface area (Å²) in [5, 5.41) is 0.439. The number of hydrogen-bond acceptors (Lipinski definition) is 6. The molecule has 0 saturated carbocycles. The standard InChI is InChI=1S/C17H24ClNO6S/c1-16(2,3)14(20)25-19(15(21)24-17(4,5)6)26(22,23)11-12-7-9-13(18)10-8-12/h7-10H,11H2,1-6H3. The average Bonchev–Trinajstić information content (AvgIpc) is 2.43. The third-order valence-corrected chi connectivity index (χ3v) is 4.51. The van der Waals surface area contributed by atoms with E-state index in [4.69, 9.17) is 21.2 Å². The monoisotopic (exact) mass is 405 g/mol. The zero-order chi connectivity index (χ0) is 20.3. The van der Waals surface area contributed by atoms with Gasteiger partial charge in [-0.05, 0) is 63.7 Å². The van der Waals surface area contributed by atoms with Gasteiger partial charge in [-0.3, -0.25) is 0 Å². The fraction of sp³-hybridized carbons (Fsp3) is 0.529. The normalized spacial score (nSPS) is 12.4. The first kappa shape index (κ1) is 22.2. The van der Waals surface area contributed by atoms with E-state index >= 15 is 0 Å². The predicted molar refractivity (Wildman–Crippen MR) is 97.7 cm³/mol. The van der Waals surface area contributed by atoms with Gasteiger partial charge in [-0.1, -0.05) is 23.7 Å². The predicted octanol–water partition coefficient (Wildman–Crippen LogP) is 3.91. The third-order valence-electron chi connectivity index (χ3n) is 2.84. The molecule has 0 spiro atoms. The van der Waals surface area contributed by atoms with Gasteiger partial charge in [0.25, 0.3) is 10.0 Å². The van der Waals surface area contributed by atoms with Crippen LogP contribution in [0.1, 0.15) is 47.1 Å². The molecule has 1 aromatic carbocycles. The first-order chi connectivity index (χ1) is 11.6. The second-order valence-electron chi connectivity index (χ2n) is 7.72. The molecule has 0 radical (unpaired) electrons. The maximum absolute atomic E-state index is 12.7. The van der Waals surface area contributed by atoms with E-state index in [2.05, 4.69) is 0 Å². The highest BCUT2D eigenvalue weighted by Gasteiger charge is 2.38. The number of rotatable bonds is 3. The number of ether oxygens (including phenoxy) is 1. The van der Waals surface area contributed by atoms with Crippen molar-refractivity contribution in [2.75, 3.05) is 0 Å². The van der Waals surface area contributed by atoms with E-state index in [1.165, 1.54) is 45.0 Å². The van der Waals surface area contributed by atoms with Crippen LogP contribution in [-0.2, 0) is 30.1 Å². The second kappa shape index (κ2) is 7.84. The number of nitrogens with zero attached hydrogens (tertiary/aromatic N) is 1. The van der Waals surface area contributed by atoms with Crippen LogP contribution in [0.5, 0.6) is 0 Å². The molecule has 0 saturated heterocycles. The number of hydroxylamine groups is 1. The zero-order valence-electron chi connectivity index (χ0n) is 15.7. The molecular weight excluding hydrogens is 382 g/mol. The van der Waals surface area contributed by atoms with E-state index in [1.54, 1.807) is 20.8 Å². The van der Waals surface area contributed by atoms with Gasteiger partial charge in [0.05, 0.1) is 11.2 Å². The Morgan fingerprint density at radius 2 is 1.54 bits per heavy atom. The van der Waals surface area contributed by atoms with Crippen LogP contribution in [0.3, 0.4) is 0 Å². The number of amides is 1. The van der Waals surface area contributed by atoms with Gasteiger partial charge >= 0.3 is 12.1 Å². The number of hydrogen-bond donors (Lipinski definition) is 0. The lowest BCUT2D eigenvalue weighted by Crippen LogP contribution is -2.44. The Kier molecular flexibility index (Phi) is 6.70. The van der Waals surface area contributed by atoms with Crippen LogP contribution in [-0.4, -0.2) is 30.5 Å². The summed E-state index contributed by atoms with van der Waals surface area (Å²) in [6, 6.07) is 6.04. The van der Waals surface area contributed by atoms with Crippen molar-refractivity contribution in [2.45, 2.75) is 52.9 Å². The fourth-order valence-corrected chi connectivity index (χ4v) is 2.87. The van der Waals surface area contributed by atoms with Gasteiger partial charge in [-0.25, -0.2) is 18.0 Å². The van der Waals surface area contributed by atoms with Crippen LogP contribution in [0.15, 0.2) is 24.3 Å². The molecule has 0 heterocycles. The number of carbonyl (C=O) groups is 2. The first-order valence-electron chi connectivity index (χ1n) is 7.85. The van der Waals surface area contributed by atoms with Gasteiger partial charge in [0.15, 0.2) is 0 Å². The van der Waals surface area contributed by atoms with E-state index in [0.29, 0.717) is 10.6 Å². The van der Waals surface area contributed by atoms with Crippen LogP contribution in [0.25, 0.3) is 0 Å². The number of sulfonamides is 1. The van der Waals surface area contributed by atoms with Crippen molar-refractivity contribution in [3.8, 4) is 0 Å². The molecule has 0 N–H and O–H groups in total.